The van der Waals surface area contributed by atoms with Gasteiger partial charge >= 0.3 is 0 Å². The quantitative estimate of drug-likeness (QED) is 0.744. The molecule has 1 aliphatic heterocycles. The van der Waals surface area contributed by atoms with Crippen LogP contribution in [0.1, 0.15) is 12.5 Å². The second-order valence-electron chi connectivity index (χ2n) is 4.21. The van der Waals surface area contributed by atoms with Crippen LogP contribution in [0, 0.1) is 0 Å². The molecule has 17 heavy (non-hydrogen) atoms. The van der Waals surface area contributed by atoms with Crippen molar-refractivity contribution in [3.05, 3.63) is 18.0 Å². The molecule has 2 rings (SSSR count). The summed E-state index contributed by atoms with van der Waals surface area (Å²) in [5.41, 5.74) is 0.689. The molecule has 0 radical (unpaired) electrons. The monoisotopic (exact) mass is 239 g/mol. The third-order valence-electron chi connectivity index (χ3n) is 2.69. The van der Waals surface area contributed by atoms with Crippen LogP contribution < -0.4 is 4.90 Å². The van der Waals surface area contributed by atoms with Gasteiger partial charge in [0.25, 0.3) is 0 Å². The molecule has 6 heteroatoms. The maximum absolute atomic E-state index is 9.13. The average Bonchev–Trinajstić information content (AvgIpc) is 2.38. The van der Waals surface area contributed by atoms with E-state index >= 15 is 0 Å². The average molecular weight is 239 g/mol. The highest BCUT2D eigenvalue weighted by atomic mass is 16.5. The Kier molecular flexibility index (Phi) is 3.88. The van der Waals surface area contributed by atoms with Gasteiger partial charge < -0.3 is 19.8 Å². The largest absolute Gasteiger partial charge is 0.394 e. The van der Waals surface area contributed by atoms with Crippen molar-refractivity contribution >= 4 is 5.95 Å². The van der Waals surface area contributed by atoms with E-state index in [2.05, 4.69) is 9.97 Å². The molecular weight excluding hydrogens is 222 g/mol. The molecule has 2 atom stereocenters. The highest BCUT2D eigenvalue weighted by Gasteiger charge is 2.26. The lowest BCUT2D eigenvalue weighted by atomic mass is 10.2. The fourth-order valence-corrected chi connectivity index (χ4v) is 1.90. The van der Waals surface area contributed by atoms with Crippen LogP contribution in [-0.4, -0.2) is 52.1 Å². The van der Waals surface area contributed by atoms with E-state index in [1.807, 2.05) is 11.8 Å². The number of aromatic nitrogens is 2. The highest BCUT2D eigenvalue weighted by molar-refractivity contribution is 5.31. The Morgan fingerprint density at radius 1 is 1.35 bits per heavy atom. The molecule has 1 saturated heterocycles. The summed E-state index contributed by atoms with van der Waals surface area (Å²) in [5.74, 6) is 0.607. The van der Waals surface area contributed by atoms with E-state index in [4.69, 9.17) is 14.9 Å². The highest BCUT2D eigenvalue weighted by Crippen LogP contribution is 2.16. The number of hydrogen-bond acceptors (Lipinski definition) is 6. The van der Waals surface area contributed by atoms with Crippen LogP contribution in [-0.2, 0) is 11.3 Å². The molecule has 1 aromatic heterocycles. The lowest BCUT2D eigenvalue weighted by Crippen LogP contribution is -2.48. The third-order valence-corrected chi connectivity index (χ3v) is 2.69. The van der Waals surface area contributed by atoms with Crippen LogP contribution in [0.5, 0.6) is 0 Å². The lowest BCUT2D eigenvalue weighted by Gasteiger charge is -2.35. The van der Waals surface area contributed by atoms with Crippen LogP contribution in [0.3, 0.4) is 0 Å². The van der Waals surface area contributed by atoms with Crippen LogP contribution in [0.4, 0.5) is 5.95 Å². The SMILES string of the molecule is CC1CN(c2ncc(CO)cn2)CC(CO)O1. The molecular formula is C11H17N3O3. The molecule has 1 fully saturated rings. The standard InChI is InChI=1S/C11H17N3O3/c1-8-4-14(5-10(7-16)17-8)11-12-2-9(6-15)3-13-11/h2-3,8,10,15-16H,4-7H2,1H3. The van der Waals surface area contributed by atoms with Crippen molar-refractivity contribution in [3.63, 3.8) is 0 Å². The van der Waals surface area contributed by atoms with Gasteiger partial charge in [0.05, 0.1) is 25.4 Å². The second-order valence-corrected chi connectivity index (χ2v) is 4.21. The first-order valence-electron chi connectivity index (χ1n) is 5.66. The van der Waals surface area contributed by atoms with E-state index in [-0.39, 0.29) is 25.4 Å². The maximum Gasteiger partial charge on any atom is 0.225 e. The molecule has 0 aromatic carbocycles. The summed E-state index contributed by atoms with van der Waals surface area (Å²) in [5, 5.41) is 18.0. The van der Waals surface area contributed by atoms with Gasteiger partial charge in [0, 0.05) is 31.0 Å². The van der Waals surface area contributed by atoms with Gasteiger partial charge in [0.2, 0.25) is 5.95 Å². The molecule has 6 nitrogen and oxygen atoms in total. The molecule has 0 bridgehead atoms. The Labute approximate surface area is 99.9 Å². The summed E-state index contributed by atoms with van der Waals surface area (Å²) in [6, 6.07) is 0. The van der Waals surface area contributed by atoms with Crippen molar-refractivity contribution in [3.8, 4) is 0 Å². The summed E-state index contributed by atoms with van der Waals surface area (Å²) in [6.45, 7) is 3.18. The molecule has 0 aliphatic carbocycles. The summed E-state index contributed by atoms with van der Waals surface area (Å²) in [6.07, 6.45) is 3.06. The van der Waals surface area contributed by atoms with E-state index in [9.17, 15) is 0 Å². The number of ether oxygens (including phenoxy) is 1. The fourth-order valence-electron chi connectivity index (χ4n) is 1.90. The van der Waals surface area contributed by atoms with Gasteiger partial charge in [-0.05, 0) is 6.92 Å². The van der Waals surface area contributed by atoms with E-state index in [1.165, 1.54) is 0 Å². The predicted molar refractivity (Wildman–Crippen MR) is 61.6 cm³/mol. The molecule has 2 heterocycles. The van der Waals surface area contributed by atoms with Crippen LogP contribution in [0.2, 0.25) is 0 Å². The number of nitrogens with zero attached hydrogens (tertiary/aromatic N) is 3. The van der Waals surface area contributed by atoms with Crippen molar-refractivity contribution in [2.45, 2.75) is 25.7 Å². The molecule has 1 aromatic rings. The van der Waals surface area contributed by atoms with Gasteiger partial charge in [-0.15, -0.1) is 0 Å². The zero-order chi connectivity index (χ0) is 12.3. The Morgan fingerprint density at radius 3 is 2.65 bits per heavy atom. The van der Waals surface area contributed by atoms with Gasteiger partial charge in [0.15, 0.2) is 0 Å². The smallest absolute Gasteiger partial charge is 0.225 e. The number of anilines is 1. The number of aliphatic hydroxyl groups excluding tert-OH is 2. The fraction of sp³-hybridized carbons (Fsp3) is 0.636. The van der Waals surface area contributed by atoms with Gasteiger partial charge in [-0.3, -0.25) is 0 Å². The molecule has 94 valence electrons. The van der Waals surface area contributed by atoms with Crippen molar-refractivity contribution < 1.29 is 14.9 Å². The second kappa shape index (κ2) is 5.39. The summed E-state index contributed by atoms with van der Waals surface area (Å²) in [7, 11) is 0. The Morgan fingerprint density at radius 2 is 2.06 bits per heavy atom. The van der Waals surface area contributed by atoms with Crippen molar-refractivity contribution in [2.75, 3.05) is 24.6 Å². The van der Waals surface area contributed by atoms with Crippen molar-refractivity contribution in [1.29, 1.82) is 0 Å². The third kappa shape index (κ3) is 2.91. The number of aliphatic hydroxyl groups is 2. The topological polar surface area (TPSA) is 78.7 Å². The maximum atomic E-state index is 9.13. The van der Waals surface area contributed by atoms with Gasteiger partial charge in [-0.25, -0.2) is 9.97 Å². The minimum absolute atomic E-state index is 0.00440. The first-order chi connectivity index (χ1) is 8.22. The Balaban J connectivity index is 2.09. The van der Waals surface area contributed by atoms with E-state index in [1.54, 1.807) is 12.4 Å². The van der Waals surface area contributed by atoms with Crippen LogP contribution >= 0.6 is 0 Å². The van der Waals surface area contributed by atoms with Gasteiger partial charge in [0.1, 0.15) is 0 Å². The molecule has 0 spiro atoms. The lowest BCUT2D eigenvalue weighted by molar-refractivity contribution is -0.0425. The summed E-state index contributed by atoms with van der Waals surface area (Å²) < 4.78 is 5.54. The zero-order valence-corrected chi connectivity index (χ0v) is 9.78. The number of rotatable bonds is 3. The first-order valence-corrected chi connectivity index (χ1v) is 5.66. The predicted octanol–water partition coefficient (Wildman–Crippen LogP) is -0.445. The van der Waals surface area contributed by atoms with Gasteiger partial charge in [-0.1, -0.05) is 0 Å². The van der Waals surface area contributed by atoms with Crippen molar-refractivity contribution in [1.82, 2.24) is 9.97 Å². The zero-order valence-electron chi connectivity index (χ0n) is 9.78. The van der Waals surface area contributed by atoms with Gasteiger partial charge in [-0.2, -0.15) is 0 Å². The van der Waals surface area contributed by atoms with Crippen molar-refractivity contribution in [2.24, 2.45) is 0 Å². The molecule has 1 aliphatic rings. The van der Waals surface area contributed by atoms with Crippen LogP contribution in [0.15, 0.2) is 12.4 Å². The summed E-state index contributed by atoms with van der Waals surface area (Å²) >= 11 is 0. The minimum Gasteiger partial charge on any atom is -0.394 e. The first kappa shape index (κ1) is 12.2. The molecule has 0 saturated carbocycles. The van der Waals surface area contributed by atoms with E-state index < -0.39 is 0 Å². The minimum atomic E-state index is -0.195. The number of morpholine rings is 1. The normalized spacial score (nSPS) is 25.0. The van der Waals surface area contributed by atoms with E-state index in [0.29, 0.717) is 24.6 Å². The Hall–Kier alpha value is -1.24. The summed E-state index contributed by atoms with van der Waals surface area (Å²) in [4.78, 5) is 10.4. The number of hydrogen-bond donors (Lipinski definition) is 2. The molecule has 2 N–H and O–H groups in total. The van der Waals surface area contributed by atoms with Crippen LogP contribution in [0.25, 0.3) is 0 Å². The van der Waals surface area contributed by atoms with E-state index in [0.717, 1.165) is 0 Å². The Bertz CT molecular complexity index is 357. The molecule has 2 unspecified atom stereocenters. The molecule has 0 amide bonds.